The van der Waals surface area contributed by atoms with E-state index in [1.807, 2.05) is 26.1 Å². The lowest BCUT2D eigenvalue weighted by Gasteiger charge is -2.14. The third kappa shape index (κ3) is 4.89. The third-order valence-corrected chi connectivity index (χ3v) is 4.48. The van der Waals surface area contributed by atoms with Crippen molar-refractivity contribution in [1.29, 1.82) is 0 Å². The second-order valence-electron chi connectivity index (χ2n) is 5.20. The normalized spacial score (nSPS) is 12.1. The lowest BCUT2D eigenvalue weighted by molar-refractivity contribution is -0.153. The predicted molar refractivity (Wildman–Crippen MR) is 93.7 cm³/mol. The third-order valence-electron chi connectivity index (χ3n) is 3.55. The van der Waals surface area contributed by atoms with Gasteiger partial charge in [0.05, 0.1) is 7.11 Å². The summed E-state index contributed by atoms with van der Waals surface area (Å²) in [5.41, 5.74) is 3.46. The lowest BCUT2D eigenvalue weighted by atomic mass is 10.0. The molecule has 0 spiro atoms. The maximum absolute atomic E-state index is 11.7. The standard InChI is InChI=1S/C18H23NO3S/c1-4-22-17(18(20)21-3)9-13-5-7-14(8-6-13)15-10-16(11-19-2)23-12-15/h5-8,10,12,17,19H,4,9,11H2,1-3H3. The largest absolute Gasteiger partial charge is 0.467 e. The Morgan fingerprint density at radius 2 is 2.00 bits per heavy atom. The molecule has 0 aliphatic carbocycles. The fourth-order valence-corrected chi connectivity index (χ4v) is 3.29. The summed E-state index contributed by atoms with van der Waals surface area (Å²) in [5, 5.41) is 5.33. The topological polar surface area (TPSA) is 47.6 Å². The highest BCUT2D eigenvalue weighted by atomic mass is 32.1. The van der Waals surface area contributed by atoms with Crippen molar-refractivity contribution in [3.05, 3.63) is 46.2 Å². The lowest BCUT2D eigenvalue weighted by Crippen LogP contribution is -2.28. The van der Waals surface area contributed by atoms with Crippen molar-refractivity contribution < 1.29 is 14.3 Å². The Morgan fingerprint density at radius 1 is 1.26 bits per heavy atom. The summed E-state index contributed by atoms with van der Waals surface area (Å²) < 4.78 is 10.3. The summed E-state index contributed by atoms with van der Waals surface area (Å²) in [4.78, 5) is 13.0. The van der Waals surface area contributed by atoms with Crippen LogP contribution in [0.4, 0.5) is 0 Å². The fourth-order valence-electron chi connectivity index (χ4n) is 2.39. The summed E-state index contributed by atoms with van der Waals surface area (Å²) in [6, 6.07) is 10.5. The van der Waals surface area contributed by atoms with Gasteiger partial charge < -0.3 is 14.8 Å². The van der Waals surface area contributed by atoms with Gasteiger partial charge in [-0.25, -0.2) is 4.79 Å². The molecule has 5 heteroatoms. The summed E-state index contributed by atoms with van der Waals surface area (Å²) >= 11 is 1.75. The quantitative estimate of drug-likeness (QED) is 0.753. The number of carbonyl (C=O) groups is 1. The molecular formula is C18H23NO3S. The van der Waals surface area contributed by atoms with Crippen molar-refractivity contribution in [3.63, 3.8) is 0 Å². The van der Waals surface area contributed by atoms with Gasteiger partial charge in [-0.3, -0.25) is 0 Å². The molecule has 1 aromatic carbocycles. The van der Waals surface area contributed by atoms with Gasteiger partial charge in [-0.05, 0) is 42.1 Å². The van der Waals surface area contributed by atoms with E-state index in [2.05, 4.69) is 28.9 Å². The van der Waals surface area contributed by atoms with Gasteiger partial charge in [0.1, 0.15) is 0 Å². The van der Waals surface area contributed by atoms with E-state index in [1.165, 1.54) is 23.1 Å². The Hall–Kier alpha value is -1.69. The fraction of sp³-hybridized carbons (Fsp3) is 0.389. The zero-order valence-corrected chi connectivity index (χ0v) is 14.6. The number of carbonyl (C=O) groups excluding carboxylic acids is 1. The molecule has 1 atom stereocenters. The molecular weight excluding hydrogens is 310 g/mol. The first-order valence-corrected chi connectivity index (χ1v) is 8.56. The van der Waals surface area contributed by atoms with Crippen molar-refractivity contribution in [2.75, 3.05) is 20.8 Å². The Balaban J connectivity index is 2.07. The van der Waals surface area contributed by atoms with Crippen LogP contribution in [0.2, 0.25) is 0 Å². The molecule has 0 bridgehead atoms. The van der Waals surface area contributed by atoms with Crippen molar-refractivity contribution >= 4 is 17.3 Å². The minimum Gasteiger partial charge on any atom is -0.467 e. The van der Waals surface area contributed by atoms with E-state index in [0.29, 0.717) is 13.0 Å². The maximum Gasteiger partial charge on any atom is 0.335 e. The summed E-state index contributed by atoms with van der Waals surface area (Å²) in [6.45, 7) is 3.25. The van der Waals surface area contributed by atoms with Gasteiger partial charge >= 0.3 is 5.97 Å². The van der Waals surface area contributed by atoms with Gasteiger partial charge in [0, 0.05) is 24.4 Å². The van der Waals surface area contributed by atoms with Crippen molar-refractivity contribution in [3.8, 4) is 11.1 Å². The zero-order chi connectivity index (χ0) is 16.7. The Labute approximate surface area is 141 Å². The number of methoxy groups -OCH3 is 1. The summed E-state index contributed by atoms with van der Waals surface area (Å²) in [7, 11) is 3.33. The van der Waals surface area contributed by atoms with Gasteiger partial charge in [-0.1, -0.05) is 24.3 Å². The van der Waals surface area contributed by atoms with Crippen LogP contribution >= 0.6 is 11.3 Å². The van der Waals surface area contributed by atoms with Gasteiger partial charge in [0.15, 0.2) is 6.10 Å². The Morgan fingerprint density at radius 3 is 2.61 bits per heavy atom. The molecule has 4 nitrogen and oxygen atoms in total. The second kappa shape index (κ2) is 8.82. The molecule has 2 aromatic rings. The minimum atomic E-state index is -0.542. The number of rotatable bonds is 8. The Bertz CT molecular complexity index is 621. The van der Waals surface area contributed by atoms with Crippen LogP contribution in [-0.2, 0) is 27.2 Å². The van der Waals surface area contributed by atoms with Crippen LogP contribution < -0.4 is 5.32 Å². The van der Waals surface area contributed by atoms with Crippen LogP contribution in [0.3, 0.4) is 0 Å². The number of ether oxygens (including phenoxy) is 2. The van der Waals surface area contributed by atoms with E-state index in [4.69, 9.17) is 9.47 Å². The highest BCUT2D eigenvalue weighted by Crippen LogP contribution is 2.26. The van der Waals surface area contributed by atoms with Gasteiger partial charge in [-0.2, -0.15) is 0 Å². The molecule has 1 heterocycles. The van der Waals surface area contributed by atoms with Gasteiger partial charge in [-0.15, -0.1) is 11.3 Å². The number of hydrogen-bond acceptors (Lipinski definition) is 5. The van der Waals surface area contributed by atoms with Crippen LogP contribution in [0.15, 0.2) is 35.7 Å². The van der Waals surface area contributed by atoms with E-state index < -0.39 is 6.10 Å². The van der Waals surface area contributed by atoms with Gasteiger partial charge in [0.25, 0.3) is 0 Å². The van der Waals surface area contributed by atoms with Crippen molar-refractivity contribution in [1.82, 2.24) is 5.32 Å². The number of nitrogens with one attached hydrogen (secondary N) is 1. The molecule has 0 aliphatic rings. The van der Waals surface area contributed by atoms with E-state index >= 15 is 0 Å². The molecule has 0 amide bonds. The molecule has 0 fully saturated rings. The molecule has 2 rings (SSSR count). The molecule has 0 saturated heterocycles. The Kier molecular flexibility index (Phi) is 6.77. The van der Waals surface area contributed by atoms with Crippen LogP contribution in [0.1, 0.15) is 17.4 Å². The van der Waals surface area contributed by atoms with Crippen molar-refractivity contribution in [2.24, 2.45) is 0 Å². The average molecular weight is 333 g/mol. The van der Waals surface area contributed by atoms with Crippen LogP contribution in [0, 0.1) is 0 Å². The smallest absolute Gasteiger partial charge is 0.335 e. The highest BCUT2D eigenvalue weighted by Gasteiger charge is 2.19. The number of hydrogen-bond donors (Lipinski definition) is 1. The van der Waals surface area contributed by atoms with Gasteiger partial charge in [0.2, 0.25) is 0 Å². The predicted octanol–water partition coefficient (Wildman–Crippen LogP) is 3.26. The maximum atomic E-state index is 11.7. The molecule has 0 radical (unpaired) electrons. The minimum absolute atomic E-state index is 0.328. The van der Waals surface area contributed by atoms with Crippen LogP contribution in [0.25, 0.3) is 11.1 Å². The summed E-state index contributed by atoms with van der Waals surface area (Å²) in [6.07, 6.45) is -0.0191. The molecule has 23 heavy (non-hydrogen) atoms. The monoisotopic (exact) mass is 333 g/mol. The molecule has 1 aromatic heterocycles. The van der Waals surface area contributed by atoms with E-state index in [-0.39, 0.29) is 5.97 Å². The molecule has 1 unspecified atom stereocenters. The van der Waals surface area contributed by atoms with E-state index in [1.54, 1.807) is 11.3 Å². The molecule has 0 aliphatic heterocycles. The first-order valence-electron chi connectivity index (χ1n) is 7.68. The molecule has 1 N–H and O–H groups in total. The first kappa shape index (κ1) is 17.7. The highest BCUT2D eigenvalue weighted by molar-refractivity contribution is 7.10. The number of thiophene rings is 1. The second-order valence-corrected chi connectivity index (χ2v) is 6.20. The number of esters is 1. The van der Waals surface area contributed by atoms with Crippen molar-refractivity contribution in [2.45, 2.75) is 26.0 Å². The van der Waals surface area contributed by atoms with E-state index in [0.717, 1.165) is 12.1 Å². The van der Waals surface area contributed by atoms with E-state index in [9.17, 15) is 4.79 Å². The SMILES string of the molecule is CCOC(Cc1ccc(-c2csc(CNC)c2)cc1)C(=O)OC. The first-order chi connectivity index (χ1) is 11.2. The number of benzene rings is 1. The van der Waals surface area contributed by atoms with Crippen LogP contribution in [0.5, 0.6) is 0 Å². The molecule has 0 saturated carbocycles. The average Bonchev–Trinajstić information content (AvgIpc) is 3.03. The summed E-state index contributed by atoms with van der Waals surface area (Å²) in [5.74, 6) is -0.328. The molecule has 124 valence electrons. The zero-order valence-electron chi connectivity index (χ0n) is 13.8. The van der Waals surface area contributed by atoms with Crippen LogP contribution in [-0.4, -0.2) is 32.8 Å².